The third kappa shape index (κ3) is 12.8. The summed E-state index contributed by atoms with van der Waals surface area (Å²) in [6, 6.07) is 6.17. The van der Waals surface area contributed by atoms with Crippen LogP contribution in [0.1, 0.15) is 20.7 Å². The van der Waals surface area contributed by atoms with Crippen molar-refractivity contribution in [3.05, 3.63) is 77.9 Å². The standard InChI is InChI=1S/C28H21N3O20S6.C6H6Cl6/c29-16-2-14(27(32)30-21-8-17(52(34,35)36)4-12-6-19(54(40,41)42)10-23(25(12)21)56(46,47)48)1-15(3-16)28(33)31-22-9-18(53(37,38)39)5-13-7-20(55(43,44)45)11-24(26(13)22)57(49,50)51;7-1-2(8)4(10)6(12)5(11)3(1)9/h1-11H,29H2,(H,30,32)(H,31,33)(H,34,35,36)(H,37,38,39)(H,40,41,42)(H,43,44,45)(H,46,47,48)(H,49,50,51);1-6H/t;1-,2-,3-,4+,5+,6+. The molecule has 35 heteroatoms. The van der Waals surface area contributed by atoms with Gasteiger partial charge in [0, 0.05) is 27.6 Å². The number of rotatable bonds is 10. The number of nitrogen functional groups attached to an aromatic ring is 1. The highest BCUT2D eigenvalue weighted by Crippen LogP contribution is 2.41. The Kier molecular flexibility index (Phi) is 16.3. The first-order valence-corrected chi connectivity index (χ1v) is 28.9. The SMILES string of the molecule is Cl[C@H]1[C@H](Cl)[C@@H](Cl)[C@@H](Cl)[C@H](Cl)[C@H]1Cl.Nc1cc(C(=O)Nc2cc(S(=O)(=O)O)cc3cc(S(=O)(=O)O)cc(S(=O)(=O)O)c23)cc(C(=O)Nc2cc(S(=O)(=O)O)cc3cc(S(=O)(=O)O)cc(S(=O)(=O)O)c23)c1. The number of fused-ring (bicyclic) bond motifs is 2. The Balaban J connectivity index is 0.000000644. The van der Waals surface area contributed by atoms with Gasteiger partial charge in [0.05, 0.1) is 63.2 Å². The van der Waals surface area contributed by atoms with E-state index in [0.29, 0.717) is 36.4 Å². The quantitative estimate of drug-likeness (QED) is 0.0492. The van der Waals surface area contributed by atoms with E-state index >= 15 is 0 Å². The molecule has 0 bridgehead atoms. The molecule has 0 aromatic heterocycles. The second-order valence-electron chi connectivity index (χ2n) is 14.2. The summed E-state index contributed by atoms with van der Waals surface area (Å²) in [5.74, 6) is -2.70. The molecular formula is C34H27Cl6N3O20S6. The molecule has 10 N–H and O–H groups in total. The van der Waals surface area contributed by atoms with Crippen molar-refractivity contribution in [2.24, 2.45) is 0 Å². The summed E-state index contributed by atoms with van der Waals surface area (Å²) in [5.41, 5.74) is 2.60. The third-order valence-electron chi connectivity index (χ3n) is 9.47. The predicted molar refractivity (Wildman–Crippen MR) is 251 cm³/mol. The Morgan fingerprint density at radius 2 is 0.638 bits per heavy atom. The lowest BCUT2D eigenvalue weighted by Crippen LogP contribution is -2.52. The highest BCUT2D eigenvalue weighted by molar-refractivity contribution is 7.87. The monoisotopic (exact) mass is 1200 g/mol. The van der Waals surface area contributed by atoms with Crippen LogP contribution < -0.4 is 16.4 Å². The van der Waals surface area contributed by atoms with Gasteiger partial charge in [-0.3, -0.25) is 36.9 Å². The van der Waals surface area contributed by atoms with Gasteiger partial charge in [0.2, 0.25) is 0 Å². The zero-order valence-corrected chi connectivity index (χ0v) is 42.4. The lowest BCUT2D eigenvalue weighted by atomic mass is 9.97. The lowest BCUT2D eigenvalue weighted by Gasteiger charge is -2.37. The summed E-state index contributed by atoms with van der Waals surface area (Å²) >= 11 is 35.3. The zero-order chi connectivity index (χ0) is 52.5. The lowest BCUT2D eigenvalue weighted by molar-refractivity contribution is 0.102. The van der Waals surface area contributed by atoms with Gasteiger partial charge < -0.3 is 16.4 Å². The maximum Gasteiger partial charge on any atom is 0.295 e. The molecule has 69 heavy (non-hydrogen) atoms. The van der Waals surface area contributed by atoms with Crippen LogP contribution in [0.25, 0.3) is 21.5 Å². The fraction of sp³-hybridized carbons (Fsp3) is 0.176. The summed E-state index contributed by atoms with van der Waals surface area (Å²) in [4.78, 5) is 20.1. The van der Waals surface area contributed by atoms with Gasteiger partial charge in [-0.2, -0.15) is 50.5 Å². The van der Waals surface area contributed by atoms with Crippen LogP contribution in [0.4, 0.5) is 17.1 Å². The number of alkyl halides is 6. The summed E-state index contributed by atoms with van der Waals surface area (Å²) in [6.07, 6.45) is 0. The normalized spacial score (nSPS) is 20.5. The molecule has 0 aliphatic heterocycles. The van der Waals surface area contributed by atoms with E-state index in [2.05, 4.69) is 10.6 Å². The number of halogens is 6. The van der Waals surface area contributed by atoms with Crippen molar-refractivity contribution in [2.75, 3.05) is 16.4 Å². The molecule has 1 fully saturated rings. The van der Waals surface area contributed by atoms with E-state index in [9.17, 15) is 87.4 Å². The Morgan fingerprint density at radius 1 is 0.391 bits per heavy atom. The summed E-state index contributed by atoms with van der Waals surface area (Å²) in [5, 5.41) is -1.38. The van der Waals surface area contributed by atoms with Crippen LogP contribution in [-0.2, 0) is 60.7 Å². The Labute approximate surface area is 420 Å². The van der Waals surface area contributed by atoms with Crippen molar-refractivity contribution < 1.29 is 87.4 Å². The molecule has 0 radical (unpaired) electrons. The van der Waals surface area contributed by atoms with Crippen molar-refractivity contribution >= 4 is 181 Å². The van der Waals surface area contributed by atoms with Crippen molar-refractivity contribution in [1.82, 2.24) is 0 Å². The van der Waals surface area contributed by atoms with Gasteiger partial charge in [-0.05, 0) is 77.5 Å². The van der Waals surface area contributed by atoms with E-state index in [4.69, 9.17) is 75.3 Å². The van der Waals surface area contributed by atoms with Crippen LogP contribution in [0.5, 0.6) is 0 Å². The highest BCUT2D eigenvalue weighted by Gasteiger charge is 2.47. The van der Waals surface area contributed by atoms with Crippen molar-refractivity contribution in [3.63, 3.8) is 0 Å². The molecule has 0 unspecified atom stereocenters. The molecule has 1 aliphatic carbocycles. The molecule has 0 spiro atoms. The first-order valence-electron chi connectivity index (χ1n) is 17.7. The minimum absolute atomic E-state index is 0.260. The van der Waals surface area contributed by atoms with Gasteiger partial charge in [0.1, 0.15) is 9.79 Å². The van der Waals surface area contributed by atoms with Crippen molar-refractivity contribution in [2.45, 2.75) is 61.6 Å². The predicted octanol–water partition coefficient (Wildman–Crippen LogP) is 5.20. The Bertz CT molecular complexity index is 3410. The molecule has 0 saturated heterocycles. The van der Waals surface area contributed by atoms with Crippen LogP contribution >= 0.6 is 69.6 Å². The van der Waals surface area contributed by atoms with E-state index in [1.54, 1.807) is 0 Å². The summed E-state index contributed by atoms with van der Waals surface area (Å²) in [7, 11) is -31.8. The molecular weight excluding hydrogens is 1180 g/mol. The molecule has 23 nitrogen and oxygen atoms in total. The maximum atomic E-state index is 13.6. The second-order valence-corrected chi connectivity index (χ2v) is 25.7. The van der Waals surface area contributed by atoms with E-state index < -0.39 is 184 Å². The molecule has 5 aromatic carbocycles. The van der Waals surface area contributed by atoms with Gasteiger partial charge in [0.15, 0.2) is 0 Å². The Morgan fingerprint density at radius 3 is 0.870 bits per heavy atom. The molecule has 376 valence electrons. The molecule has 5 aromatic rings. The number of hydrogen-bond donors (Lipinski definition) is 9. The molecule has 6 rings (SSSR count). The Hall–Kier alpha value is -3.44. The number of nitrogens with two attached hydrogens (primary N) is 1. The van der Waals surface area contributed by atoms with Gasteiger partial charge in [-0.1, -0.05) is 0 Å². The van der Waals surface area contributed by atoms with Crippen LogP contribution in [-0.4, -0.2) is 122 Å². The van der Waals surface area contributed by atoms with Crippen molar-refractivity contribution in [3.8, 4) is 0 Å². The second kappa shape index (κ2) is 19.9. The molecule has 1 saturated carbocycles. The number of benzene rings is 5. The van der Waals surface area contributed by atoms with Crippen molar-refractivity contribution in [1.29, 1.82) is 0 Å². The molecule has 0 heterocycles. The van der Waals surface area contributed by atoms with Gasteiger partial charge in [-0.15, -0.1) is 69.6 Å². The fourth-order valence-electron chi connectivity index (χ4n) is 6.40. The largest absolute Gasteiger partial charge is 0.399 e. The van der Waals surface area contributed by atoms with Gasteiger partial charge in [-0.25, -0.2) is 0 Å². The zero-order valence-electron chi connectivity index (χ0n) is 33.0. The van der Waals surface area contributed by atoms with E-state index in [1.807, 2.05) is 0 Å². The number of carbonyl (C=O) groups excluding carboxylic acids is 2. The van der Waals surface area contributed by atoms with E-state index in [1.165, 1.54) is 0 Å². The minimum atomic E-state index is -5.45. The average Bonchev–Trinajstić information content (AvgIpc) is 3.21. The van der Waals surface area contributed by atoms with Gasteiger partial charge in [0.25, 0.3) is 72.5 Å². The number of hydrogen-bond acceptors (Lipinski definition) is 15. The molecule has 1 aliphatic rings. The fourth-order valence-corrected chi connectivity index (χ4v) is 12.6. The van der Waals surface area contributed by atoms with Crippen LogP contribution in [0.2, 0.25) is 0 Å². The van der Waals surface area contributed by atoms with Crippen LogP contribution in [0.15, 0.2) is 96.1 Å². The van der Waals surface area contributed by atoms with Crippen LogP contribution in [0, 0.1) is 0 Å². The number of nitrogens with one attached hydrogen (secondary N) is 2. The highest BCUT2D eigenvalue weighted by atomic mass is 35.5. The minimum Gasteiger partial charge on any atom is -0.399 e. The van der Waals surface area contributed by atoms with E-state index in [0.717, 1.165) is 18.2 Å². The molecule has 2 amide bonds. The number of carbonyl (C=O) groups is 2. The first-order chi connectivity index (χ1) is 31.2. The maximum absolute atomic E-state index is 13.6. The summed E-state index contributed by atoms with van der Waals surface area (Å²) in [6.45, 7) is 0. The van der Waals surface area contributed by atoms with E-state index in [-0.39, 0.29) is 12.1 Å². The third-order valence-corrected chi connectivity index (χ3v) is 18.6. The van der Waals surface area contributed by atoms with Crippen LogP contribution in [0.3, 0.4) is 0 Å². The molecule has 0 atom stereocenters. The van der Waals surface area contributed by atoms with Gasteiger partial charge >= 0.3 is 0 Å². The number of amides is 2. The summed E-state index contributed by atoms with van der Waals surface area (Å²) < 4.78 is 203. The smallest absolute Gasteiger partial charge is 0.295 e. The first kappa shape index (κ1) is 56.5. The number of anilines is 3. The average molecular weight is 1200 g/mol. The topological polar surface area (TPSA) is 410 Å².